The van der Waals surface area contributed by atoms with E-state index in [1.165, 1.54) is 12.1 Å². The van der Waals surface area contributed by atoms with Gasteiger partial charge in [0.05, 0.1) is 6.10 Å². The topological polar surface area (TPSA) is 99.9 Å². The fourth-order valence-electron chi connectivity index (χ4n) is 0.957. The summed E-state index contributed by atoms with van der Waals surface area (Å²) in [6.07, 6.45) is -2.18. The van der Waals surface area contributed by atoms with Crippen molar-refractivity contribution in [3.63, 3.8) is 0 Å². The Hall–Kier alpha value is -0.880. The van der Waals surface area contributed by atoms with Crippen molar-refractivity contribution in [2.45, 2.75) is 18.8 Å². The number of aliphatic hydroxyl groups excluding tert-OH is 3. The second-order valence-electron chi connectivity index (χ2n) is 2.71. The first-order valence-corrected chi connectivity index (χ1v) is 3.94. The average Bonchev–Trinajstić information content (AvgIpc) is 2.63. The van der Waals surface area contributed by atoms with Gasteiger partial charge in [-0.05, 0) is 12.1 Å². The highest BCUT2D eigenvalue weighted by atomic mass is 16.4. The largest absolute Gasteiger partial charge is 0.461 e. The number of furan rings is 1. The third kappa shape index (κ3) is 2.28. The molecule has 1 heterocycles. The first-order valence-electron chi connectivity index (χ1n) is 3.94. The summed E-state index contributed by atoms with van der Waals surface area (Å²) in [6, 6.07) is 3.02. The Morgan fingerprint density at radius 3 is 2.54 bits per heavy atom. The molecule has 0 spiro atoms. The summed E-state index contributed by atoms with van der Waals surface area (Å²) in [5.74, 6) is 0.556. The van der Waals surface area contributed by atoms with Crippen LogP contribution in [-0.4, -0.2) is 28.0 Å². The van der Waals surface area contributed by atoms with E-state index in [1.54, 1.807) is 0 Å². The monoisotopic (exact) mass is 187 g/mol. The molecular formula is C8H13NO4. The van der Waals surface area contributed by atoms with Gasteiger partial charge in [-0.15, -0.1) is 0 Å². The molecule has 0 radical (unpaired) electrons. The summed E-state index contributed by atoms with van der Waals surface area (Å²) in [7, 11) is 0. The molecule has 1 aromatic heterocycles. The van der Waals surface area contributed by atoms with E-state index in [1.807, 2.05) is 0 Å². The third-order valence-corrected chi connectivity index (χ3v) is 1.74. The van der Waals surface area contributed by atoms with Gasteiger partial charge >= 0.3 is 0 Å². The van der Waals surface area contributed by atoms with Gasteiger partial charge in [-0.25, -0.2) is 0 Å². The molecule has 0 aliphatic carbocycles. The zero-order valence-corrected chi connectivity index (χ0v) is 7.05. The van der Waals surface area contributed by atoms with Crippen LogP contribution in [0.4, 0.5) is 0 Å². The van der Waals surface area contributed by atoms with E-state index < -0.39 is 12.2 Å². The molecule has 0 saturated heterocycles. The molecule has 0 aliphatic heterocycles. The van der Waals surface area contributed by atoms with E-state index in [4.69, 9.17) is 20.4 Å². The minimum Gasteiger partial charge on any atom is -0.461 e. The van der Waals surface area contributed by atoms with Gasteiger partial charge in [-0.2, -0.15) is 0 Å². The SMILES string of the molecule is NCC(O)C(O)c1ccc(CO)o1. The number of rotatable bonds is 4. The molecule has 74 valence electrons. The lowest BCUT2D eigenvalue weighted by Gasteiger charge is -2.12. The molecule has 1 rings (SSSR count). The van der Waals surface area contributed by atoms with Crippen molar-refractivity contribution in [1.82, 2.24) is 0 Å². The lowest BCUT2D eigenvalue weighted by molar-refractivity contribution is 0.00981. The van der Waals surface area contributed by atoms with Crippen molar-refractivity contribution in [3.8, 4) is 0 Å². The molecule has 5 nitrogen and oxygen atoms in total. The zero-order chi connectivity index (χ0) is 9.84. The van der Waals surface area contributed by atoms with Crippen molar-refractivity contribution in [3.05, 3.63) is 23.7 Å². The van der Waals surface area contributed by atoms with Crippen LogP contribution in [0.2, 0.25) is 0 Å². The van der Waals surface area contributed by atoms with Gasteiger partial charge in [0.25, 0.3) is 0 Å². The summed E-state index contributed by atoms with van der Waals surface area (Å²) < 4.78 is 5.00. The molecule has 0 bridgehead atoms. The lowest BCUT2D eigenvalue weighted by Crippen LogP contribution is -2.26. The quantitative estimate of drug-likeness (QED) is 0.490. The Bertz CT molecular complexity index is 260. The molecule has 2 unspecified atom stereocenters. The van der Waals surface area contributed by atoms with Crippen molar-refractivity contribution in [1.29, 1.82) is 0 Å². The third-order valence-electron chi connectivity index (χ3n) is 1.74. The van der Waals surface area contributed by atoms with Crippen LogP contribution in [0.3, 0.4) is 0 Å². The minimum absolute atomic E-state index is 0.0453. The maximum absolute atomic E-state index is 9.39. The Kier molecular flexibility index (Phi) is 3.44. The molecule has 5 heteroatoms. The van der Waals surface area contributed by atoms with Crippen LogP contribution < -0.4 is 5.73 Å². The lowest BCUT2D eigenvalue weighted by atomic mass is 10.1. The van der Waals surface area contributed by atoms with E-state index >= 15 is 0 Å². The van der Waals surface area contributed by atoms with Gasteiger partial charge < -0.3 is 25.5 Å². The standard InChI is InChI=1S/C8H13NO4/c9-3-6(11)8(12)7-2-1-5(4-10)13-7/h1-2,6,8,10-12H,3-4,9H2. The highest BCUT2D eigenvalue weighted by Crippen LogP contribution is 2.19. The minimum atomic E-state index is -1.13. The van der Waals surface area contributed by atoms with Crippen molar-refractivity contribution in [2.24, 2.45) is 5.73 Å². The number of hydrogen-bond acceptors (Lipinski definition) is 5. The maximum Gasteiger partial charge on any atom is 0.139 e. The predicted octanol–water partition coefficient (Wildman–Crippen LogP) is -0.875. The average molecular weight is 187 g/mol. The molecule has 0 amide bonds. The molecule has 0 aliphatic rings. The van der Waals surface area contributed by atoms with Crippen LogP contribution in [-0.2, 0) is 6.61 Å². The van der Waals surface area contributed by atoms with Crippen molar-refractivity contribution >= 4 is 0 Å². The van der Waals surface area contributed by atoms with Crippen LogP contribution in [0.25, 0.3) is 0 Å². The number of hydrogen-bond donors (Lipinski definition) is 4. The second-order valence-corrected chi connectivity index (χ2v) is 2.71. The highest BCUT2D eigenvalue weighted by Gasteiger charge is 2.19. The van der Waals surface area contributed by atoms with Gasteiger partial charge in [0, 0.05) is 6.54 Å². The normalized spacial score (nSPS) is 15.7. The van der Waals surface area contributed by atoms with Gasteiger partial charge in [0.15, 0.2) is 0 Å². The fourth-order valence-corrected chi connectivity index (χ4v) is 0.957. The van der Waals surface area contributed by atoms with Gasteiger partial charge in [-0.3, -0.25) is 0 Å². The molecule has 1 aromatic rings. The number of aliphatic hydroxyl groups is 3. The Balaban J connectivity index is 2.70. The molecule has 0 fully saturated rings. The second kappa shape index (κ2) is 4.38. The van der Waals surface area contributed by atoms with Gasteiger partial charge in [-0.1, -0.05) is 0 Å². The molecule has 13 heavy (non-hydrogen) atoms. The fraction of sp³-hybridized carbons (Fsp3) is 0.500. The summed E-state index contributed by atoms with van der Waals surface area (Å²) in [5, 5.41) is 27.2. The molecule has 2 atom stereocenters. The summed E-state index contributed by atoms with van der Waals surface area (Å²) >= 11 is 0. The van der Waals surface area contributed by atoms with Crippen LogP contribution in [0.5, 0.6) is 0 Å². The van der Waals surface area contributed by atoms with Crippen molar-refractivity contribution in [2.75, 3.05) is 6.54 Å². The smallest absolute Gasteiger partial charge is 0.139 e. The van der Waals surface area contributed by atoms with Crippen LogP contribution >= 0.6 is 0 Å². The van der Waals surface area contributed by atoms with E-state index in [9.17, 15) is 5.11 Å². The van der Waals surface area contributed by atoms with E-state index in [-0.39, 0.29) is 18.9 Å². The zero-order valence-electron chi connectivity index (χ0n) is 7.05. The van der Waals surface area contributed by atoms with Gasteiger partial charge in [0.2, 0.25) is 0 Å². The van der Waals surface area contributed by atoms with E-state index in [0.717, 1.165) is 0 Å². The van der Waals surface area contributed by atoms with Crippen LogP contribution in [0.15, 0.2) is 16.5 Å². The Labute approximate surface area is 75.4 Å². The maximum atomic E-state index is 9.39. The summed E-state index contributed by atoms with van der Waals surface area (Å²) in [6.45, 7) is -0.276. The summed E-state index contributed by atoms with van der Waals surface area (Å²) in [5.41, 5.74) is 5.15. The first-order chi connectivity index (χ1) is 6.19. The Morgan fingerprint density at radius 1 is 1.38 bits per heavy atom. The molecule has 5 N–H and O–H groups in total. The van der Waals surface area contributed by atoms with Crippen molar-refractivity contribution < 1.29 is 19.7 Å². The molecule has 0 aromatic carbocycles. The number of nitrogens with two attached hydrogens (primary N) is 1. The van der Waals surface area contributed by atoms with Crippen LogP contribution in [0, 0.1) is 0 Å². The predicted molar refractivity (Wildman–Crippen MR) is 44.7 cm³/mol. The van der Waals surface area contributed by atoms with E-state index in [0.29, 0.717) is 5.76 Å². The van der Waals surface area contributed by atoms with E-state index in [2.05, 4.69) is 0 Å². The van der Waals surface area contributed by atoms with Crippen LogP contribution in [0.1, 0.15) is 17.6 Å². The van der Waals surface area contributed by atoms with Gasteiger partial charge in [0.1, 0.15) is 24.2 Å². The molecule has 0 saturated carbocycles. The molecular weight excluding hydrogens is 174 g/mol. The summed E-state index contributed by atoms with van der Waals surface area (Å²) in [4.78, 5) is 0. The Morgan fingerprint density at radius 2 is 2.08 bits per heavy atom. The highest BCUT2D eigenvalue weighted by molar-refractivity contribution is 5.09. The first kappa shape index (κ1) is 10.2.